The summed E-state index contributed by atoms with van der Waals surface area (Å²) in [6, 6.07) is 3.90. The number of rotatable bonds is 6. The minimum atomic E-state index is -3.80. The summed E-state index contributed by atoms with van der Waals surface area (Å²) in [5.41, 5.74) is 0. The summed E-state index contributed by atoms with van der Waals surface area (Å²) in [7, 11) is -4.11. The first-order valence-corrected chi connectivity index (χ1v) is 10.6. The molecule has 1 aromatic carbocycles. The lowest BCUT2D eigenvalue weighted by Gasteiger charge is -2.19. The molecule has 0 amide bonds. The Hall–Kier alpha value is -0.870. The molecule has 138 valence electrons. The van der Waals surface area contributed by atoms with Gasteiger partial charge in [0.15, 0.2) is 9.84 Å². The third kappa shape index (κ3) is 4.40. The Balaban J connectivity index is 0.00000288. The lowest BCUT2D eigenvalue weighted by molar-refractivity contribution is 0.396. The first-order chi connectivity index (χ1) is 10.7. The van der Waals surface area contributed by atoms with Crippen LogP contribution < -0.4 is 10.1 Å². The molecule has 0 spiro atoms. The van der Waals surface area contributed by atoms with Crippen LogP contribution in [-0.4, -0.2) is 61.2 Å². The predicted molar refractivity (Wildman–Crippen MR) is 94.1 cm³/mol. The van der Waals surface area contributed by atoms with Gasteiger partial charge in [-0.25, -0.2) is 16.8 Å². The van der Waals surface area contributed by atoms with Gasteiger partial charge in [0.2, 0.25) is 10.0 Å². The molecular formula is C14H23ClN2O5S2. The molecule has 1 atom stereocenters. The molecule has 1 aliphatic heterocycles. The van der Waals surface area contributed by atoms with E-state index in [1.807, 2.05) is 7.05 Å². The highest BCUT2D eigenvalue weighted by atomic mass is 35.5. The molecular weight excluding hydrogens is 376 g/mol. The van der Waals surface area contributed by atoms with Gasteiger partial charge in [0.25, 0.3) is 0 Å². The molecule has 1 N–H and O–H groups in total. The van der Waals surface area contributed by atoms with Crippen LogP contribution in [0.2, 0.25) is 0 Å². The topological polar surface area (TPSA) is 92.8 Å². The van der Waals surface area contributed by atoms with E-state index in [0.29, 0.717) is 13.1 Å². The number of halogens is 1. The molecule has 1 aromatic rings. The molecule has 7 nitrogen and oxygen atoms in total. The Bertz CT molecular complexity index is 780. The third-order valence-electron chi connectivity index (χ3n) is 3.92. The molecule has 0 aromatic heterocycles. The monoisotopic (exact) mass is 398 g/mol. The summed E-state index contributed by atoms with van der Waals surface area (Å²) in [5, 5.41) is 3.05. The molecule has 2 rings (SSSR count). The molecule has 0 bridgehead atoms. The molecule has 1 unspecified atom stereocenters. The van der Waals surface area contributed by atoms with E-state index < -0.39 is 19.9 Å². The van der Waals surface area contributed by atoms with Crippen molar-refractivity contribution in [3.05, 3.63) is 18.2 Å². The number of hydrogen-bond acceptors (Lipinski definition) is 6. The zero-order valence-electron chi connectivity index (χ0n) is 13.9. The quantitative estimate of drug-likeness (QED) is 0.760. The molecule has 0 saturated carbocycles. The van der Waals surface area contributed by atoms with Crippen molar-refractivity contribution in [2.75, 3.05) is 40.0 Å². The Labute approximate surface area is 149 Å². The second kappa shape index (κ2) is 8.01. The Morgan fingerprint density at radius 3 is 2.50 bits per heavy atom. The summed E-state index contributed by atoms with van der Waals surface area (Å²) in [5.74, 6) is 0.397. The molecule has 24 heavy (non-hydrogen) atoms. The summed E-state index contributed by atoms with van der Waals surface area (Å²) in [6.07, 6.45) is 1.82. The number of hydrogen-bond donors (Lipinski definition) is 1. The Morgan fingerprint density at radius 2 is 1.96 bits per heavy atom. The van der Waals surface area contributed by atoms with E-state index in [0.717, 1.165) is 19.2 Å². The van der Waals surface area contributed by atoms with Gasteiger partial charge < -0.3 is 10.1 Å². The minimum Gasteiger partial charge on any atom is -0.495 e. The van der Waals surface area contributed by atoms with Gasteiger partial charge in [-0.2, -0.15) is 4.31 Å². The van der Waals surface area contributed by atoms with Crippen molar-refractivity contribution >= 4 is 32.3 Å². The minimum absolute atomic E-state index is 0. The molecule has 1 heterocycles. The zero-order valence-corrected chi connectivity index (χ0v) is 16.3. The van der Waals surface area contributed by atoms with Crippen molar-refractivity contribution in [3.63, 3.8) is 0 Å². The lowest BCUT2D eigenvalue weighted by Crippen LogP contribution is -2.30. The first kappa shape index (κ1) is 21.2. The number of ether oxygens (including phenoxy) is 1. The van der Waals surface area contributed by atoms with E-state index in [4.69, 9.17) is 4.74 Å². The van der Waals surface area contributed by atoms with Gasteiger partial charge in [0, 0.05) is 19.3 Å². The largest absolute Gasteiger partial charge is 0.495 e. The predicted octanol–water partition coefficient (Wildman–Crippen LogP) is 0.751. The van der Waals surface area contributed by atoms with Crippen LogP contribution >= 0.6 is 12.4 Å². The number of nitrogens with zero attached hydrogens (tertiary/aromatic N) is 1. The Kier molecular flexibility index (Phi) is 7.06. The van der Waals surface area contributed by atoms with Gasteiger partial charge in [-0.1, -0.05) is 0 Å². The molecule has 1 saturated heterocycles. The fraction of sp³-hybridized carbons (Fsp3) is 0.571. The number of methoxy groups -OCH3 is 1. The highest BCUT2D eigenvalue weighted by Gasteiger charge is 2.34. The summed E-state index contributed by atoms with van der Waals surface area (Å²) >= 11 is 0. The highest BCUT2D eigenvalue weighted by molar-refractivity contribution is 7.91. The van der Waals surface area contributed by atoms with Gasteiger partial charge in [0.1, 0.15) is 10.6 Å². The molecule has 1 fully saturated rings. The maximum absolute atomic E-state index is 12.9. The summed E-state index contributed by atoms with van der Waals surface area (Å²) in [6.45, 7) is 1.57. The summed E-state index contributed by atoms with van der Waals surface area (Å²) < 4.78 is 55.7. The van der Waals surface area contributed by atoms with Crippen LogP contribution in [0.3, 0.4) is 0 Å². The second-order valence-corrected chi connectivity index (χ2v) is 9.58. The normalized spacial score (nSPS) is 19.0. The lowest BCUT2D eigenvalue weighted by atomic mass is 10.1. The fourth-order valence-electron chi connectivity index (χ4n) is 2.70. The number of sulfonamides is 1. The van der Waals surface area contributed by atoms with Gasteiger partial charge in [0.05, 0.1) is 12.0 Å². The third-order valence-corrected chi connectivity index (χ3v) is 6.92. The van der Waals surface area contributed by atoms with Crippen LogP contribution in [0.5, 0.6) is 5.75 Å². The van der Waals surface area contributed by atoms with E-state index in [1.165, 1.54) is 29.6 Å². The van der Waals surface area contributed by atoms with E-state index in [1.54, 1.807) is 0 Å². The average Bonchev–Trinajstić information content (AvgIpc) is 2.95. The van der Waals surface area contributed by atoms with E-state index in [9.17, 15) is 16.8 Å². The summed E-state index contributed by atoms with van der Waals surface area (Å²) in [4.78, 5) is -0.143. The number of sulfone groups is 1. The first-order valence-electron chi connectivity index (χ1n) is 7.23. The molecule has 1 aliphatic rings. The standard InChI is InChI=1S/C14H22N2O5S2.ClH/c1-15-9-11-6-7-16(10-11)23(19,20)14-8-12(22(3,17)18)4-5-13(14)21-2;/h4-5,8,11,15H,6-7,9-10H2,1-3H3;1H. The SMILES string of the molecule is CNCC1CCN(S(=O)(=O)c2cc(S(C)(=O)=O)ccc2OC)C1.Cl. The van der Waals surface area contributed by atoms with Crippen molar-refractivity contribution in [3.8, 4) is 5.75 Å². The fourth-order valence-corrected chi connectivity index (χ4v) is 5.13. The van der Waals surface area contributed by atoms with Crippen LogP contribution in [0.4, 0.5) is 0 Å². The molecule has 0 aliphatic carbocycles. The zero-order chi connectivity index (χ0) is 17.3. The van der Waals surface area contributed by atoms with Crippen molar-refractivity contribution in [1.29, 1.82) is 0 Å². The van der Waals surface area contributed by atoms with Crippen LogP contribution in [0.1, 0.15) is 6.42 Å². The second-order valence-electron chi connectivity index (χ2n) is 5.66. The van der Waals surface area contributed by atoms with Crippen LogP contribution in [0, 0.1) is 5.92 Å². The van der Waals surface area contributed by atoms with Gasteiger partial charge in [-0.15, -0.1) is 12.4 Å². The van der Waals surface area contributed by atoms with Crippen LogP contribution in [0.25, 0.3) is 0 Å². The van der Waals surface area contributed by atoms with E-state index in [2.05, 4.69) is 5.32 Å². The maximum Gasteiger partial charge on any atom is 0.246 e. The number of benzene rings is 1. The van der Waals surface area contributed by atoms with Crippen molar-refractivity contribution in [1.82, 2.24) is 9.62 Å². The van der Waals surface area contributed by atoms with Gasteiger partial charge in [-0.05, 0) is 44.1 Å². The van der Waals surface area contributed by atoms with E-state index >= 15 is 0 Å². The van der Waals surface area contributed by atoms with Gasteiger partial charge in [-0.3, -0.25) is 0 Å². The number of nitrogens with one attached hydrogen (secondary N) is 1. The van der Waals surface area contributed by atoms with Gasteiger partial charge >= 0.3 is 0 Å². The average molecular weight is 399 g/mol. The molecule has 10 heteroatoms. The highest BCUT2D eigenvalue weighted by Crippen LogP contribution is 2.32. The maximum atomic E-state index is 12.9. The van der Waals surface area contributed by atoms with Crippen LogP contribution in [-0.2, 0) is 19.9 Å². The van der Waals surface area contributed by atoms with Crippen LogP contribution in [0.15, 0.2) is 28.0 Å². The smallest absolute Gasteiger partial charge is 0.246 e. The molecule has 0 radical (unpaired) electrons. The van der Waals surface area contributed by atoms with Crippen molar-refractivity contribution in [2.24, 2.45) is 5.92 Å². The van der Waals surface area contributed by atoms with Crippen molar-refractivity contribution in [2.45, 2.75) is 16.2 Å². The van der Waals surface area contributed by atoms with E-state index in [-0.39, 0.29) is 33.9 Å². The Morgan fingerprint density at radius 1 is 1.29 bits per heavy atom. The van der Waals surface area contributed by atoms with Crippen molar-refractivity contribution < 1.29 is 21.6 Å².